The quantitative estimate of drug-likeness (QED) is 0.763. The molecule has 1 fully saturated rings. The lowest BCUT2D eigenvalue weighted by atomic mass is 10.1. The predicted molar refractivity (Wildman–Crippen MR) is 98.6 cm³/mol. The molecule has 1 aromatic carbocycles. The molecule has 3 heterocycles. The molecule has 1 atom stereocenters. The van der Waals surface area contributed by atoms with Gasteiger partial charge in [-0.15, -0.1) is 0 Å². The van der Waals surface area contributed by atoms with Crippen LogP contribution in [0.1, 0.15) is 18.4 Å². The Balaban J connectivity index is 1.52. The van der Waals surface area contributed by atoms with Crippen LogP contribution in [0.4, 0.5) is 11.6 Å². The number of para-hydroxylation sites is 2. The summed E-state index contributed by atoms with van der Waals surface area (Å²) in [5.74, 6) is 1.68. The van der Waals surface area contributed by atoms with Crippen molar-refractivity contribution < 1.29 is 5.11 Å². The first-order chi connectivity index (χ1) is 12.3. The summed E-state index contributed by atoms with van der Waals surface area (Å²) in [6.07, 6.45) is 5.13. The molecule has 0 radical (unpaired) electrons. The minimum absolute atomic E-state index is 0.275. The Morgan fingerprint density at radius 3 is 2.88 bits per heavy atom. The average Bonchev–Trinajstić information content (AvgIpc) is 2.66. The molecule has 25 heavy (non-hydrogen) atoms. The number of fused-ring (bicyclic) bond motifs is 1. The van der Waals surface area contributed by atoms with Crippen molar-refractivity contribution in [3.8, 4) is 0 Å². The Morgan fingerprint density at radius 1 is 1.12 bits per heavy atom. The summed E-state index contributed by atoms with van der Waals surface area (Å²) in [5, 5.41) is 13.3. The zero-order valence-electron chi connectivity index (χ0n) is 14.0. The van der Waals surface area contributed by atoms with E-state index in [1.165, 1.54) is 0 Å². The van der Waals surface area contributed by atoms with Gasteiger partial charge in [0.05, 0.1) is 23.3 Å². The summed E-state index contributed by atoms with van der Waals surface area (Å²) >= 11 is 0. The second-order valence-electron chi connectivity index (χ2n) is 6.33. The SMILES string of the molecule is OC1CCCN(c2ncccc2CNc2cnc3ccccc3n2)C1. The number of rotatable bonds is 4. The van der Waals surface area contributed by atoms with Crippen LogP contribution in [0.25, 0.3) is 11.0 Å². The van der Waals surface area contributed by atoms with Crippen molar-refractivity contribution in [2.24, 2.45) is 0 Å². The second kappa shape index (κ2) is 7.03. The maximum absolute atomic E-state index is 9.94. The van der Waals surface area contributed by atoms with Crippen LogP contribution < -0.4 is 10.2 Å². The third-order valence-electron chi connectivity index (χ3n) is 4.47. The molecular formula is C19H21N5O. The van der Waals surface area contributed by atoms with Gasteiger partial charge in [-0.05, 0) is 31.0 Å². The fraction of sp³-hybridized carbons (Fsp3) is 0.316. The Hall–Kier alpha value is -2.73. The van der Waals surface area contributed by atoms with Crippen molar-refractivity contribution >= 4 is 22.7 Å². The Bertz CT molecular complexity index is 869. The molecule has 1 unspecified atom stereocenters. The number of aromatic nitrogens is 3. The molecule has 1 aliphatic heterocycles. The van der Waals surface area contributed by atoms with Crippen molar-refractivity contribution in [1.29, 1.82) is 0 Å². The summed E-state index contributed by atoms with van der Waals surface area (Å²) in [5.41, 5.74) is 2.85. The van der Waals surface area contributed by atoms with Gasteiger partial charge in [0, 0.05) is 31.4 Å². The van der Waals surface area contributed by atoms with Gasteiger partial charge in [0.25, 0.3) is 0 Å². The van der Waals surface area contributed by atoms with Crippen LogP contribution in [0.3, 0.4) is 0 Å². The molecular weight excluding hydrogens is 314 g/mol. The van der Waals surface area contributed by atoms with Gasteiger partial charge in [0.2, 0.25) is 0 Å². The smallest absolute Gasteiger partial charge is 0.145 e. The molecule has 2 N–H and O–H groups in total. The van der Waals surface area contributed by atoms with Gasteiger partial charge in [-0.25, -0.2) is 9.97 Å². The minimum atomic E-state index is -0.275. The van der Waals surface area contributed by atoms with Crippen LogP contribution in [-0.4, -0.2) is 39.3 Å². The maximum atomic E-state index is 9.94. The number of nitrogens with one attached hydrogen (secondary N) is 1. The summed E-state index contributed by atoms with van der Waals surface area (Å²) in [6, 6.07) is 11.8. The molecule has 128 valence electrons. The lowest BCUT2D eigenvalue weighted by molar-refractivity contribution is 0.154. The van der Waals surface area contributed by atoms with E-state index in [-0.39, 0.29) is 6.10 Å². The van der Waals surface area contributed by atoms with Crippen molar-refractivity contribution in [1.82, 2.24) is 15.0 Å². The van der Waals surface area contributed by atoms with E-state index in [2.05, 4.69) is 31.2 Å². The normalized spacial score (nSPS) is 17.6. The third kappa shape index (κ3) is 3.53. The standard InChI is InChI=1S/C19H21N5O/c25-15-6-4-10-24(13-15)19-14(5-3-9-20-19)11-22-18-12-21-16-7-1-2-8-17(16)23-18/h1-3,5,7-9,12,15,25H,4,6,10-11,13H2,(H,22,23). The van der Waals surface area contributed by atoms with Crippen molar-refractivity contribution in [2.45, 2.75) is 25.5 Å². The molecule has 2 aromatic heterocycles. The highest BCUT2D eigenvalue weighted by molar-refractivity contribution is 5.75. The number of benzene rings is 1. The minimum Gasteiger partial charge on any atom is -0.391 e. The summed E-state index contributed by atoms with van der Waals surface area (Å²) in [4.78, 5) is 15.7. The van der Waals surface area contributed by atoms with Gasteiger partial charge in [0.1, 0.15) is 11.6 Å². The average molecular weight is 335 g/mol. The van der Waals surface area contributed by atoms with E-state index in [1.807, 2.05) is 30.3 Å². The highest BCUT2D eigenvalue weighted by Gasteiger charge is 2.20. The largest absolute Gasteiger partial charge is 0.391 e. The Morgan fingerprint density at radius 2 is 2.00 bits per heavy atom. The number of hydrogen-bond acceptors (Lipinski definition) is 6. The monoisotopic (exact) mass is 335 g/mol. The molecule has 0 spiro atoms. The van der Waals surface area contributed by atoms with Gasteiger partial charge in [-0.2, -0.15) is 0 Å². The van der Waals surface area contributed by atoms with Crippen LogP contribution in [0, 0.1) is 0 Å². The number of piperidine rings is 1. The molecule has 4 rings (SSSR count). The first-order valence-corrected chi connectivity index (χ1v) is 8.62. The maximum Gasteiger partial charge on any atom is 0.145 e. The molecule has 3 aromatic rings. The van der Waals surface area contributed by atoms with Gasteiger partial charge >= 0.3 is 0 Å². The first kappa shape index (κ1) is 15.8. The fourth-order valence-electron chi connectivity index (χ4n) is 3.23. The Kier molecular flexibility index (Phi) is 4.43. The zero-order valence-corrected chi connectivity index (χ0v) is 14.0. The molecule has 1 aliphatic rings. The van der Waals surface area contributed by atoms with Crippen molar-refractivity contribution in [2.75, 3.05) is 23.3 Å². The third-order valence-corrected chi connectivity index (χ3v) is 4.47. The van der Waals surface area contributed by atoms with Crippen LogP contribution in [-0.2, 0) is 6.54 Å². The van der Waals surface area contributed by atoms with E-state index < -0.39 is 0 Å². The lowest BCUT2D eigenvalue weighted by Gasteiger charge is -2.32. The van der Waals surface area contributed by atoms with E-state index in [0.717, 1.165) is 47.6 Å². The molecule has 6 nitrogen and oxygen atoms in total. The number of aliphatic hydroxyl groups is 1. The van der Waals surface area contributed by atoms with E-state index in [0.29, 0.717) is 13.1 Å². The molecule has 1 saturated heterocycles. The van der Waals surface area contributed by atoms with Gasteiger partial charge in [0.15, 0.2) is 0 Å². The van der Waals surface area contributed by atoms with E-state index in [1.54, 1.807) is 12.4 Å². The second-order valence-corrected chi connectivity index (χ2v) is 6.33. The number of nitrogens with zero attached hydrogens (tertiary/aromatic N) is 4. The lowest BCUT2D eigenvalue weighted by Crippen LogP contribution is -2.39. The molecule has 0 bridgehead atoms. The topological polar surface area (TPSA) is 74.2 Å². The van der Waals surface area contributed by atoms with Crippen LogP contribution >= 0.6 is 0 Å². The van der Waals surface area contributed by atoms with Crippen LogP contribution in [0.2, 0.25) is 0 Å². The van der Waals surface area contributed by atoms with Gasteiger partial charge < -0.3 is 15.3 Å². The fourth-order valence-corrected chi connectivity index (χ4v) is 3.23. The number of aliphatic hydroxyl groups excluding tert-OH is 1. The van der Waals surface area contributed by atoms with Crippen molar-refractivity contribution in [3.05, 3.63) is 54.4 Å². The van der Waals surface area contributed by atoms with Crippen LogP contribution in [0.5, 0.6) is 0 Å². The van der Waals surface area contributed by atoms with E-state index >= 15 is 0 Å². The van der Waals surface area contributed by atoms with Crippen LogP contribution in [0.15, 0.2) is 48.8 Å². The summed E-state index contributed by atoms with van der Waals surface area (Å²) in [6.45, 7) is 2.18. The number of anilines is 2. The number of hydrogen-bond donors (Lipinski definition) is 2. The molecule has 0 aliphatic carbocycles. The Labute approximate surface area is 146 Å². The number of β-amino-alcohol motifs (C(OH)–C–C–N with tert-alkyl or cyclic N) is 1. The van der Waals surface area contributed by atoms with E-state index in [9.17, 15) is 5.11 Å². The summed E-state index contributed by atoms with van der Waals surface area (Å²) in [7, 11) is 0. The molecule has 6 heteroatoms. The molecule has 0 saturated carbocycles. The summed E-state index contributed by atoms with van der Waals surface area (Å²) < 4.78 is 0. The highest BCUT2D eigenvalue weighted by atomic mass is 16.3. The molecule has 0 amide bonds. The van der Waals surface area contributed by atoms with Gasteiger partial charge in [-0.3, -0.25) is 4.98 Å². The predicted octanol–water partition coefficient (Wildman–Crippen LogP) is 2.60. The highest BCUT2D eigenvalue weighted by Crippen LogP contribution is 2.22. The van der Waals surface area contributed by atoms with Gasteiger partial charge in [-0.1, -0.05) is 18.2 Å². The number of pyridine rings is 1. The van der Waals surface area contributed by atoms with E-state index in [4.69, 9.17) is 0 Å². The first-order valence-electron chi connectivity index (χ1n) is 8.62. The van der Waals surface area contributed by atoms with Crippen molar-refractivity contribution in [3.63, 3.8) is 0 Å². The zero-order chi connectivity index (χ0) is 17.1.